The molecule has 2 N–H and O–H groups in total. The minimum absolute atomic E-state index is 0.129. The maximum atomic E-state index is 12.2. The van der Waals surface area contributed by atoms with E-state index in [1.807, 2.05) is 0 Å². The number of carboxylic acid groups (broad SMARTS) is 1. The molecule has 8 heteroatoms. The van der Waals surface area contributed by atoms with Gasteiger partial charge in [-0.3, -0.25) is 0 Å². The van der Waals surface area contributed by atoms with Crippen LogP contribution in [-0.2, 0) is 16.4 Å². The van der Waals surface area contributed by atoms with Crippen LogP contribution in [0, 0.1) is 0 Å². The number of furan rings is 1. The molecule has 0 atom stereocenters. The number of fused-ring (bicyclic) bond motifs is 1. The molecule has 25 heavy (non-hydrogen) atoms. The third-order valence-corrected chi connectivity index (χ3v) is 5.35. The van der Waals surface area contributed by atoms with Gasteiger partial charge in [-0.2, -0.15) is 0 Å². The highest BCUT2D eigenvalue weighted by Crippen LogP contribution is 2.21. The number of carboxylic acids is 1. The fourth-order valence-electron chi connectivity index (χ4n) is 2.38. The smallest absolute Gasteiger partial charge is 0.371 e. The normalized spacial score (nSPS) is 11.7. The van der Waals surface area contributed by atoms with Gasteiger partial charge >= 0.3 is 5.97 Å². The molecular weight excluding hydrogens is 366 g/mol. The molecular formula is C17H14ClNO5S. The standard InChI is InChI=1S/C17H14ClNO5S/c18-13-2-4-14(5-3-13)25(22,23)19-8-7-11-1-6-15-12(9-11)10-16(24-15)17(20)21/h1-6,9-10,19H,7-8H2,(H,20,21). The van der Waals surface area contributed by atoms with Crippen LogP contribution in [0.4, 0.5) is 0 Å². The van der Waals surface area contributed by atoms with E-state index in [-0.39, 0.29) is 17.2 Å². The first-order valence-corrected chi connectivity index (χ1v) is 9.22. The minimum atomic E-state index is -3.60. The van der Waals surface area contributed by atoms with Gasteiger partial charge in [0.25, 0.3) is 0 Å². The van der Waals surface area contributed by atoms with Crippen LogP contribution in [0.5, 0.6) is 0 Å². The zero-order valence-corrected chi connectivity index (χ0v) is 14.5. The summed E-state index contributed by atoms with van der Waals surface area (Å²) in [5.41, 5.74) is 1.34. The molecule has 1 heterocycles. The number of carbonyl (C=O) groups is 1. The Bertz CT molecular complexity index is 1020. The van der Waals surface area contributed by atoms with Crippen LogP contribution in [0.3, 0.4) is 0 Å². The maximum absolute atomic E-state index is 12.2. The quantitative estimate of drug-likeness (QED) is 0.684. The molecule has 0 bridgehead atoms. The van der Waals surface area contributed by atoms with E-state index in [1.165, 1.54) is 30.3 Å². The van der Waals surface area contributed by atoms with E-state index in [4.69, 9.17) is 21.1 Å². The fraction of sp³-hybridized carbons (Fsp3) is 0.118. The van der Waals surface area contributed by atoms with Gasteiger partial charge in [-0.25, -0.2) is 17.9 Å². The van der Waals surface area contributed by atoms with E-state index in [1.54, 1.807) is 18.2 Å². The first kappa shape index (κ1) is 17.5. The number of benzene rings is 2. The topological polar surface area (TPSA) is 96.6 Å². The third kappa shape index (κ3) is 4.01. The molecule has 130 valence electrons. The fourth-order valence-corrected chi connectivity index (χ4v) is 3.54. The Labute approximate surface area is 149 Å². The van der Waals surface area contributed by atoms with Crippen LogP contribution in [0.15, 0.2) is 57.8 Å². The van der Waals surface area contributed by atoms with Gasteiger partial charge in [0.2, 0.25) is 15.8 Å². The van der Waals surface area contributed by atoms with E-state index in [0.29, 0.717) is 22.4 Å². The van der Waals surface area contributed by atoms with Gasteiger partial charge in [0.05, 0.1) is 4.90 Å². The second-order valence-electron chi connectivity index (χ2n) is 5.39. The Morgan fingerprint density at radius 2 is 1.84 bits per heavy atom. The second kappa shape index (κ2) is 6.87. The number of hydrogen-bond donors (Lipinski definition) is 2. The van der Waals surface area contributed by atoms with Crippen molar-refractivity contribution in [3.63, 3.8) is 0 Å². The highest BCUT2D eigenvalue weighted by atomic mass is 35.5. The lowest BCUT2D eigenvalue weighted by Crippen LogP contribution is -2.25. The van der Waals surface area contributed by atoms with Crippen LogP contribution < -0.4 is 4.72 Å². The van der Waals surface area contributed by atoms with Crippen molar-refractivity contribution < 1.29 is 22.7 Å². The van der Waals surface area contributed by atoms with Gasteiger partial charge in [0, 0.05) is 17.0 Å². The van der Waals surface area contributed by atoms with Gasteiger partial charge < -0.3 is 9.52 Å². The molecule has 3 aromatic rings. The summed E-state index contributed by atoms with van der Waals surface area (Å²) in [5, 5.41) is 10.1. The summed E-state index contributed by atoms with van der Waals surface area (Å²) in [6.07, 6.45) is 0.455. The number of hydrogen-bond acceptors (Lipinski definition) is 4. The predicted octanol–water partition coefficient (Wildman–Crippen LogP) is 3.31. The Balaban J connectivity index is 1.68. The van der Waals surface area contributed by atoms with Gasteiger partial charge in [-0.1, -0.05) is 17.7 Å². The first-order chi connectivity index (χ1) is 11.8. The molecule has 0 aliphatic rings. The van der Waals surface area contributed by atoms with Gasteiger partial charge in [0.15, 0.2) is 0 Å². The van der Waals surface area contributed by atoms with Crippen molar-refractivity contribution in [3.05, 3.63) is 64.9 Å². The third-order valence-electron chi connectivity index (χ3n) is 3.62. The summed E-state index contributed by atoms with van der Waals surface area (Å²) in [5.74, 6) is -1.26. The summed E-state index contributed by atoms with van der Waals surface area (Å²) in [7, 11) is -3.60. The van der Waals surface area contributed by atoms with Crippen LogP contribution in [0.1, 0.15) is 16.1 Å². The number of nitrogens with one attached hydrogen (secondary N) is 1. The van der Waals surface area contributed by atoms with Gasteiger partial charge in [-0.15, -0.1) is 0 Å². The molecule has 3 rings (SSSR count). The molecule has 0 unspecified atom stereocenters. The largest absolute Gasteiger partial charge is 0.475 e. The molecule has 1 aromatic heterocycles. The molecule has 2 aromatic carbocycles. The van der Waals surface area contributed by atoms with Crippen molar-refractivity contribution in [1.29, 1.82) is 0 Å². The van der Waals surface area contributed by atoms with Crippen molar-refractivity contribution in [1.82, 2.24) is 4.72 Å². The summed E-state index contributed by atoms with van der Waals surface area (Å²) in [4.78, 5) is 11.1. The van der Waals surface area contributed by atoms with Crippen LogP contribution >= 0.6 is 11.6 Å². The van der Waals surface area contributed by atoms with Crippen LogP contribution in [0.25, 0.3) is 11.0 Å². The Morgan fingerprint density at radius 3 is 2.52 bits per heavy atom. The average molecular weight is 380 g/mol. The summed E-state index contributed by atoms with van der Waals surface area (Å²) in [6, 6.07) is 12.6. The predicted molar refractivity (Wildman–Crippen MR) is 93.5 cm³/mol. The van der Waals surface area contributed by atoms with Gasteiger partial charge in [0.1, 0.15) is 5.58 Å². The van der Waals surface area contributed by atoms with E-state index >= 15 is 0 Å². The lowest BCUT2D eigenvalue weighted by atomic mass is 10.1. The highest BCUT2D eigenvalue weighted by Gasteiger charge is 2.14. The van der Waals surface area contributed by atoms with Crippen LogP contribution in [0.2, 0.25) is 5.02 Å². The number of rotatable bonds is 6. The van der Waals surface area contributed by atoms with Crippen molar-refractivity contribution >= 4 is 38.6 Å². The molecule has 0 spiro atoms. The summed E-state index contributed by atoms with van der Waals surface area (Å²) in [6.45, 7) is 0.208. The first-order valence-electron chi connectivity index (χ1n) is 7.36. The number of sulfonamides is 1. The minimum Gasteiger partial charge on any atom is -0.475 e. The van der Waals surface area contributed by atoms with Crippen molar-refractivity contribution in [2.45, 2.75) is 11.3 Å². The SMILES string of the molecule is O=C(O)c1cc2cc(CCNS(=O)(=O)c3ccc(Cl)cc3)ccc2o1. The van der Waals surface area contributed by atoms with Gasteiger partial charge in [-0.05, 0) is 54.4 Å². The molecule has 0 aliphatic heterocycles. The molecule has 0 aliphatic carbocycles. The Kier molecular flexibility index (Phi) is 4.80. The van der Waals surface area contributed by atoms with E-state index in [9.17, 15) is 13.2 Å². The maximum Gasteiger partial charge on any atom is 0.371 e. The lowest BCUT2D eigenvalue weighted by molar-refractivity contribution is 0.0665. The monoisotopic (exact) mass is 379 g/mol. The molecule has 0 fully saturated rings. The lowest BCUT2D eigenvalue weighted by Gasteiger charge is -2.07. The Hall–Kier alpha value is -2.35. The highest BCUT2D eigenvalue weighted by molar-refractivity contribution is 7.89. The van der Waals surface area contributed by atoms with Crippen molar-refractivity contribution in [2.75, 3.05) is 6.54 Å². The Morgan fingerprint density at radius 1 is 1.12 bits per heavy atom. The molecule has 0 radical (unpaired) electrons. The van der Waals surface area contributed by atoms with E-state index in [0.717, 1.165) is 5.56 Å². The number of halogens is 1. The second-order valence-corrected chi connectivity index (χ2v) is 7.59. The van der Waals surface area contributed by atoms with Crippen molar-refractivity contribution in [3.8, 4) is 0 Å². The van der Waals surface area contributed by atoms with Crippen LogP contribution in [-0.4, -0.2) is 26.0 Å². The van der Waals surface area contributed by atoms with Crippen molar-refractivity contribution in [2.24, 2.45) is 0 Å². The zero-order valence-electron chi connectivity index (χ0n) is 12.9. The van der Waals surface area contributed by atoms with E-state index < -0.39 is 16.0 Å². The molecule has 6 nitrogen and oxygen atoms in total. The molecule has 0 amide bonds. The average Bonchev–Trinajstić information content (AvgIpc) is 2.99. The summed E-state index contributed by atoms with van der Waals surface area (Å²) < 4.78 is 32.1. The summed E-state index contributed by atoms with van der Waals surface area (Å²) >= 11 is 5.76. The zero-order chi connectivity index (χ0) is 18.0. The van der Waals surface area contributed by atoms with E-state index in [2.05, 4.69) is 4.72 Å². The molecule has 0 saturated heterocycles. The number of aromatic carboxylic acids is 1. The molecule has 0 saturated carbocycles.